The van der Waals surface area contributed by atoms with Crippen LogP contribution in [0.3, 0.4) is 0 Å². The lowest BCUT2D eigenvalue weighted by Crippen LogP contribution is -2.51. The number of allylic oxidation sites excluding steroid dienone is 2. The summed E-state index contributed by atoms with van der Waals surface area (Å²) in [6.45, 7) is 5.07. The number of hydrogen-bond donors (Lipinski definition) is 0. The minimum absolute atomic E-state index is 0.238. The standard InChI is InChI=1S/C24H32ClNO2/c1-23-11-3-4-20(23)19-8-6-16-5-7-18(15-24(16,2)21(19)9-12-23)28-17-10-13-26(25)22(27)14-17/h10,13-16,19-21H,3-9,11-12H2,1-2H3/t16?,19-,20-,21+,23-,24-/m0/s1. The van der Waals surface area contributed by atoms with Crippen LogP contribution in [0.2, 0.25) is 0 Å². The highest BCUT2D eigenvalue weighted by Crippen LogP contribution is 2.65. The lowest BCUT2D eigenvalue weighted by atomic mass is 9.46. The van der Waals surface area contributed by atoms with Gasteiger partial charge in [0.25, 0.3) is 5.56 Å². The zero-order valence-electron chi connectivity index (χ0n) is 17.1. The Hall–Kier alpha value is -1.22. The molecule has 0 saturated heterocycles. The van der Waals surface area contributed by atoms with E-state index in [2.05, 4.69) is 19.9 Å². The molecule has 4 heteroatoms. The fourth-order valence-corrected chi connectivity index (χ4v) is 7.72. The molecule has 6 atom stereocenters. The molecular weight excluding hydrogens is 370 g/mol. The minimum Gasteiger partial charge on any atom is -0.462 e. The van der Waals surface area contributed by atoms with Crippen molar-refractivity contribution < 1.29 is 4.74 Å². The van der Waals surface area contributed by atoms with Crippen molar-refractivity contribution in [1.29, 1.82) is 0 Å². The van der Waals surface area contributed by atoms with Crippen molar-refractivity contribution in [2.45, 2.75) is 71.6 Å². The van der Waals surface area contributed by atoms with Crippen LogP contribution in [0.1, 0.15) is 71.6 Å². The summed E-state index contributed by atoms with van der Waals surface area (Å²) in [7, 11) is 0. The first kappa shape index (κ1) is 18.8. The summed E-state index contributed by atoms with van der Waals surface area (Å²) < 4.78 is 7.24. The molecule has 1 aromatic rings. The van der Waals surface area contributed by atoms with Crippen LogP contribution in [0.4, 0.5) is 0 Å². The third-order valence-electron chi connectivity index (χ3n) is 9.05. The average Bonchev–Trinajstić information content (AvgIpc) is 3.06. The fraction of sp³-hybridized carbons (Fsp3) is 0.708. The SMILES string of the molecule is C[C@@]12CCC[C@H]1[C@@H]1CCC3CCC(Oc4ccn(Cl)c(=O)c4)=C[C@]3(C)[C@@H]1CC2. The molecule has 3 saturated carbocycles. The topological polar surface area (TPSA) is 31.2 Å². The van der Waals surface area contributed by atoms with Gasteiger partial charge in [-0.05, 0) is 91.6 Å². The van der Waals surface area contributed by atoms with Crippen LogP contribution in [-0.2, 0) is 0 Å². The Labute approximate surface area is 173 Å². The molecule has 0 aromatic carbocycles. The van der Waals surface area contributed by atoms with E-state index in [1.807, 2.05) is 0 Å². The first-order valence-corrected chi connectivity index (χ1v) is 11.5. The largest absolute Gasteiger partial charge is 0.462 e. The summed E-state index contributed by atoms with van der Waals surface area (Å²) in [4.78, 5) is 11.8. The van der Waals surface area contributed by atoms with Gasteiger partial charge in [0.05, 0.1) is 0 Å². The lowest BCUT2D eigenvalue weighted by Gasteiger charge is -2.58. The molecule has 0 aliphatic heterocycles. The van der Waals surface area contributed by atoms with Gasteiger partial charge >= 0.3 is 0 Å². The first-order chi connectivity index (χ1) is 13.4. The van der Waals surface area contributed by atoms with Gasteiger partial charge < -0.3 is 4.74 Å². The maximum atomic E-state index is 11.8. The normalized spacial score (nSPS) is 42.2. The lowest BCUT2D eigenvalue weighted by molar-refractivity contribution is -0.0706. The molecule has 4 aliphatic rings. The van der Waals surface area contributed by atoms with E-state index in [1.165, 1.54) is 57.4 Å². The number of hydrogen-bond acceptors (Lipinski definition) is 2. The highest BCUT2D eigenvalue weighted by Gasteiger charge is 2.57. The number of rotatable bonds is 2. The third-order valence-corrected chi connectivity index (χ3v) is 9.33. The zero-order chi connectivity index (χ0) is 19.5. The molecule has 1 aromatic heterocycles. The Bertz CT molecular complexity index is 860. The second kappa shape index (κ2) is 6.65. The van der Waals surface area contributed by atoms with Crippen molar-refractivity contribution in [1.82, 2.24) is 4.09 Å². The van der Waals surface area contributed by atoms with Crippen LogP contribution < -0.4 is 10.3 Å². The predicted octanol–water partition coefficient (Wildman–Crippen LogP) is 6.16. The van der Waals surface area contributed by atoms with Gasteiger partial charge in [0.1, 0.15) is 11.5 Å². The van der Waals surface area contributed by atoms with Crippen molar-refractivity contribution in [2.75, 3.05) is 0 Å². The van der Waals surface area contributed by atoms with Crippen LogP contribution in [0, 0.1) is 34.5 Å². The van der Waals surface area contributed by atoms with E-state index in [0.717, 1.165) is 39.9 Å². The highest BCUT2D eigenvalue weighted by molar-refractivity contribution is 6.15. The van der Waals surface area contributed by atoms with E-state index in [1.54, 1.807) is 12.3 Å². The first-order valence-electron chi connectivity index (χ1n) is 11.2. The van der Waals surface area contributed by atoms with Gasteiger partial charge in [-0.15, -0.1) is 0 Å². The molecule has 152 valence electrons. The summed E-state index contributed by atoms with van der Waals surface area (Å²) in [6.07, 6.45) is 16.1. The van der Waals surface area contributed by atoms with Gasteiger partial charge in [0, 0.05) is 30.5 Å². The second-order valence-corrected chi connectivity index (χ2v) is 10.7. The molecule has 0 amide bonds. The number of aromatic nitrogens is 1. The molecule has 3 nitrogen and oxygen atoms in total. The molecule has 0 N–H and O–H groups in total. The van der Waals surface area contributed by atoms with Crippen LogP contribution >= 0.6 is 11.8 Å². The van der Waals surface area contributed by atoms with Crippen LogP contribution in [0.25, 0.3) is 0 Å². The molecule has 1 unspecified atom stereocenters. The monoisotopic (exact) mass is 401 g/mol. The Morgan fingerprint density at radius 3 is 2.79 bits per heavy atom. The molecule has 0 spiro atoms. The number of pyridine rings is 1. The Morgan fingerprint density at radius 2 is 1.96 bits per heavy atom. The van der Waals surface area contributed by atoms with Gasteiger partial charge in [-0.1, -0.05) is 20.3 Å². The van der Waals surface area contributed by atoms with Gasteiger partial charge in [0.15, 0.2) is 0 Å². The van der Waals surface area contributed by atoms with Gasteiger partial charge in [-0.2, -0.15) is 0 Å². The number of fused-ring (bicyclic) bond motifs is 5. The third kappa shape index (κ3) is 2.88. The Balaban J connectivity index is 1.43. The summed E-state index contributed by atoms with van der Waals surface area (Å²) >= 11 is 5.80. The molecule has 4 aliphatic carbocycles. The zero-order valence-corrected chi connectivity index (χ0v) is 17.9. The number of nitrogens with zero attached hydrogens (tertiary/aromatic N) is 1. The van der Waals surface area contributed by atoms with Crippen molar-refractivity contribution >= 4 is 11.8 Å². The summed E-state index contributed by atoms with van der Waals surface area (Å²) in [5, 5.41) is 0. The number of halogens is 1. The fourth-order valence-electron chi connectivity index (χ4n) is 7.62. The van der Waals surface area contributed by atoms with Crippen molar-refractivity contribution in [2.24, 2.45) is 34.5 Å². The van der Waals surface area contributed by atoms with Gasteiger partial charge in [0.2, 0.25) is 0 Å². The second-order valence-electron chi connectivity index (χ2n) is 10.4. The minimum atomic E-state index is -0.245. The van der Waals surface area contributed by atoms with E-state index in [0.29, 0.717) is 11.2 Å². The molecule has 0 radical (unpaired) electrons. The van der Waals surface area contributed by atoms with Crippen molar-refractivity contribution in [3.05, 3.63) is 40.5 Å². The van der Waals surface area contributed by atoms with E-state index >= 15 is 0 Å². The summed E-state index contributed by atoms with van der Waals surface area (Å²) in [5.41, 5.74) is 0.598. The maximum Gasteiger partial charge on any atom is 0.268 e. The van der Waals surface area contributed by atoms with E-state index in [9.17, 15) is 4.79 Å². The molecular formula is C24H32ClNO2. The Kier molecular flexibility index (Phi) is 4.46. The average molecular weight is 402 g/mol. The van der Waals surface area contributed by atoms with E-state index in [-0.39, 0.29) is 11.0 Å². The molecule has 1 heterocycles. The molecule has 5 rings (SSSR count). The van der Waals surface area contributed by atoms with E-state index in [4.69, 9.17) is 16.5 Å². The van der Waals surface area contributed by atoms with Gasteiger partial charge in [-0.25, -0.2) is 4.09 Å². The molecule has 0 bridgehead atoms. The molecule has 28 heavy (non-hydrogen) atoms. The van der Waals surface area contributed by atoms with Crippen molar-refractivity contribution in [3.63, 3.8) is 0 Å². The van der Waals surface area contributed by atoms with Crippen LogP contribution in [-0.4, -0.2) is 4.09 Å². The Morgan fingerprint density at radius 1 is 1.11 bits per heavy atom. The van der Waals surface area contributed by atoms with E-state index < -0.39 is 0 Å². The van der Waals surface area contributed by atoms with Crippen LogP contribution in [0.5, 0.6) is 5.75 Å². The summed E-state index contributed by atoms with van der Waals surface area (Å²) in [5.74, 6) is 5.04. The number of ether oxygens (including phenoxy) is 1. The smallest absolute Gasteiger partial charge is 0.268 e. The van der Waals surface area contributed by atoms with Crippen molar-refractivity contribution in [3.8, 4) is 5.75 Å². The quantitative estimate of drug-likeness (QED) is 0.594. The maximum absolute atomic E-state index is 11.8. The predicted molar refractivity (Wildman–Crippen MR) is 112 cm³/mol. The van der Waals surface area contributed by atoms with Crippen LogP contribution in [0.15, 0.2) is 35.0 Å². The highest BCUT2D eigenvalue weighted by atomic mass is 35.5. The van der Waals surface area contributed by atoms with Gasteiger partial charge in [-0.3, -0.25) is 4.79 Å². The summed E-state index contributed by atoms with van der Waals surface area (Å²) in [6, 6.07) is 3.26. The molecule has 3 fully saturated rings.